The van der Waals surface area contributed by atoms with Crippen LogP contribution >= 0.6 is 12.2 Å². The molecule has 3 rings (SSSR count). The molecule has 4 heteroatoms. The molecule has 0 spiro atoms. The van der Waals surface area contributed by atoms with Gasteiger partial charge in [0.15, 0.2) is 0 Å². The molecule has 2 aliphatic rings. The smallest absolute Gasteiger partial charge is 0.136 e. The van der Waals surface area contributed by atoms with Crippen molar-refractivity contribution in [2.75, 3.05) is 5.32 Å². The minimum atomic E-state index is 0.440. The van der Waals surface area contributed by atoms with Crippen LogP contribution in [-0.4, -0.2) is 16.0 Å². The van der Waals surface area contributed by atoms with Crippen LogP contribution in [0.1, 0.15) is 62.3 Å². The second kappa shape index (κ2) is 6.30. The molecular formula is C17H25N3S. The SMILES string of the molecule is CC(Nc1nc2c(cc1C(N)=S)CCCC2)C1CCCC1. The van der Waals surface area contributed by atoms with Gasteiger partial charge in [-0.05, 0) is 63.0 Å². The second-order valence-corrected chi connectivity index (χ2v) is 6.98. The molecule has 3 N–H and O–H groups in total. The van der Waals surface area contributed by atoms with Crippen molar-refractivity contribution >= 4 is 23.0 Å². The Bertz CT molecular complexity index is 535. The lowest BCUT2D eigenvalue weighted by molar-refractivity contribution is 0.481. The Balaban J connectivity index is 1.86. The monoisotopic (exact) mass is 303 g/mol. The molecule has 0 aliphatic heterocycles. The first-order chi connectivity index (χ1) is 10.1. The third-order valence-electron chi connectivity index (χ3n) is 5.04. The zero-order valence-corrected chi connectivity index (χ0v) is 13.6. The van der Waals surface area contributed by atoms with Crippen LogP contribution in [0.25, 0.3) is 0 Å². The van der Waals surface area contributed by atoms with Crippen molar-refractivity contribution in [1.82, 2.24) is 4.98 Å². The molecule has 0 radical (unpaired) electrons. The van der Waals surface area contributed by atoms with Crippen LogP contribution in [0.2, 0.25) is 0 Å². The Labute approximate surface area is 132 Å². The highest BCUT2D eigenvalue weighted by atomic mass is 32.1. The Morgan fingerprint density at radius 1 is 1.29 bits per heavy atom. The molecule has 0 aromatic carbocycles. The van der Waals surface area contributed by atoms with Gasteiger partial charge in [-0.3, -0.25) is 0 Å². The van der Waals surface area contributed by atoms with Gasteiger partial charge in [-0.2, -0.15) is 0 Å². The molecule has 1 unspecified atom stereocenters. The summed E-state index contributed by atoms with van der Waals surface area (Å²) in [7, 11) is 0. The first-order valence-corrected chi connectivity index (χ1v) is 8.65. The second-order valence-electron chi connectivity index (χ2n) is 6.54. The van der Waals surface area contributed by atoms with E-state index >= 15 is 0 Å². The molecule has 1 fully saturated rings. The largest absolute Gasteiger partial charge is 0.389 e. The molecule has 0 saturated heterocycles. The summed E-state index contributed by atoms with van der Waals surface area (Å²) in [6, 6.07) is 2.61. The molecule has 3 nitrogen and oxygen atoms in total. The number of pyridine rings is 1. The van der Waals surface area contributed by atoms with E-state index in [1.54, 1.807) is 0 Å². The predicted molar refractivity (Wildman–Crippen MR) is 91.8 cm³/mol. The zero-order chi connectivity index (χ0) is 14.8. The van der Waals surface area contributed by atoms with Crippen molar-refractivity contribution < 1.29 is 0 Å². The van der Waals surface area contributed by atoms with E-state index in [1.807, 2.05) is 0 Å². The number of aryl methyl sites for hydroxylation is 2. The van der Waals surface area contributed by atoms with Gasteiger partial charge in [0.05, 0.1) is 5.56 Å². The summed E-state index contributed by atoms with van der Waals surface area (Å²) in [5.41, 5.74) is 9.43. The fraction of sp³-hybridized carbons (Fsp3) is 0.647. The van der Waals surface area contributed by atoms with E-state index in [0.29, 0.717) is 11.0 Å². The van der Waals surface area contributed by atoms with Crippen molar-refractivity contribution in [3.8, 4) is 0 Å². The molecule has 2 aliphatic carbocycles. The van der Waals surface area contributed by atoms with Crippen LogP contribution in [0.4, 0.5) is 5.82 Å². The van der Waals surface area contributed by atoms with Crippen LogP contribution in [-0.2, 0) is 12.8 Å². The van der Waals surface area contributed by atoms with Crippen LogP contribution < -0.4 is 11.1 Å². The van der Waals surface area contributed by atoms with E-state index in [4.69, 9.17) is 22.9 Å². The highest BCUT2D eigenvalue weighted by molar-refractivity contribution is 7.80. The minimum absolute atomic E-state index is 0.440. The van der Waals surface area contributed by atoms with E-state index < -0.39 is 0 Å². The fourth-order valence-electron chi connectivity index (χ4n) is 3.72. The number of hydrogen-bond acceptors (Lipinski definition) is 3. The van der Waals surface area contributed by atoms with Gasteiger partial charge >= 0.3 is 0 Å². The number of nitrogens with zero attached hydrogens (tertiary/aromatic N) is 1. The van der Waals surface area contributed by atoms with Crippen LogP contribution in [0, 0.1) is 5.92 Å². The third kappa shape index (κ3) is 3.20. The van der Waals surface area contributed by atoms with Gasteiger partial charge in [-0.1, -0.05) is 25.1 Å². The number of nitrogens with one attached hydrogen (secondary N) is 1. The van der Waals surface area contributed by atoms with Crippen molar-refractivity contribution in [1.29, 1.82) is 0 Å². The number of thiocarbonyl (C=S) groups is 1. The molecule has 1 aromatic rings. The molecule has 0 amide bonds. The van der Waals surface area contributed by atoms with Gasteiger partial charge in [-0.15, -0.1) is 0 Å². The van der Waals surface area contributed by atoms with Crippen molar-refractivity contribution in [3.63, 3.8) is 0 Å². The maximum absolute atomic E-state index is 5.93. The molecular weight excluding hydrogens is 278 g/mol. The topological polar surface area (TPSA) is 50.9 Å². The summed E-state index contributed by atoms with van der Waals surface area (Å²) in [6.45, 7) is 2.26. The maximum Gasteiger partial charge on any atom is 0.136 e. The lowest BCUT2D eigenvalue weighted by atomic mass is 9.94. The summed E-state index contributed by atoms with van der Waals surface area (Å²) in [5, 5.41) is 3.61. The maximum atomic E-state index is 5.93. The highest BCUT2D eigenvalue weighted by Gasteiger charge is 2.23. The Morgan fingerprint density at radius 3 is 2.71 bits per heavy atom. The average Bonchev–Trinajstić information content (AvgIpc) is 3.00. The number of fused-ring (bicyclic) bond motifs is 1. The first-order valence-electron chi connectivity index (χ1n) is 8.24. The first kappa shape index (κ1) is 14.8. The number of aromatic nitrogens is 1. The third-order valence-corrected chi connectivity index (χ3v) is 5.26. The molecule has 21 heavy (non-hydrogen) atoms. The van der Waals surface area contributed by atoms with E-state index in [-0.39, 0.29) is 0 Å². The quantitative estimate of drug-likeness (QED) is 0.835. The summed E-state index contributed by atoms with van der Waals surface area (Å²) in [5.74, 6) is 1.66. The zero-order valence-electron chi connectivity index (χ0n) is 12.8. The average molecular weight is 303 g/mol. The van der Waals surface area contributed by atoms with Crippen LogP contribution in [0.15, 0.2) is 6.07 Å². The summed E-state index contributed by atoms with van der Waals surface area (Å²) < 4.78 is 0. The Morgan fingerprint density at radius 2 is 2.00 bits per heavy atom. The number of anilines is 1. The van der Waals surface area contributed by atoms with Crippen molar-refractivity contribution in [2.24, 2.45) is 11.7 Å². The number of rotatable bonds is 4. The molecule has 1 aromatic heterocycles. The fourth-order valence-corrected chi connectivity index (χ4v) is 3.88. The summed E-state index contributed by atoms with van der Waals surface area (Å²) >= 11 is 5.24. The molecule has 114 valence electrons. The summed E-state index contributed by atoms with van der Waals surface area (Å²) in [6.07, 6.45) is 10.0. The Hall–Kier alpha value is -1.16. The van der Waals surface area contributed by atoms with Crippen molar-refractivity contribution in [3.05, 3.63) is 22.9 Å². The van der Waals surface area contributed by atoms with E-state index in [9.17, 15) is 0 Å². The van der Waals surface area contributed by atoms with Gasteiger partial charge in [-0.25, -0.2) is 4.98 Å². The number of nitrogens with two attached hydrogens (primary N) is 1. The lowest BCUT2D eigenvalue weighted by Crippen LogP contribution is -2.27. The normalized spacial score (nSPS) is 20.0. The van der Waals surface area contributed by atoms with E-state index in [1.165, 1.54) is 49.8 Å². The summed E-state index contributed by atoms with van der Waals surface area (Å²) in [4.78, 5) is 5.32. The van der Waals surface area contributed by atoms with E-state index in [0.717, 1.165) is 30.1 Å². The molecule has 0 bridgehead atoms. The van der Waals surface area contributed by atoms with Gasteiger partial charge in [0.2, 0.25) is 0 Å². The van der Waals surface area contributed by atoms with Gasteiger partial charge < -0.3 is 11.1 Å². The van der Waals surface area contributed by atoms with Gasteiger partial charge in [0, 0.05) is 11.7 Å². The van der Waals surface area contributed by atoms with E-state index in [2.05, 4.69) is 18.3 Å². The molecule has 1 atom stereocenters. The van der Waals surface area contributed by atoms with Gasteiger partial charge in [0.25, 0.3) is 0 Å². The van der Waals surface area contributed by atoms with Crippen LogP contribution in [0.5, 0.6) is 0 Å². The number of hydrogen-bond donors (Lipinski definition) is 2. The molecule has 1 heterocycles. The van der Waals surface area contributed by atoms with Crippen molar-refractivity contribution in [2.45, 2.75) is 64.3 Å². The molecule has 1 saturated carbocycles. The predicted octanol–water partition coefficient (Wildman–Crippen LogP) is 3.59. The highest BCUT2D eigenvalue weighted by Crippen LogP contribution is 2.31. The van der Waals surface area contributed by atoms with Gasteiger partial charge in [0.1, 0.15) is 10.8 Å². The minimum Gasteiger partial charge on any atom is -0.389 e. The lowest BCUT2D eigenvalue weighted by Gasteiger charge is -2.24. The van der Waals surface area contributed by atoms with Crippen LogP contribution in [0.3, 0.4) is 0 Å². The Kier molecular flexibility index (Phi) is 4.43. The standard InChI is InChI=1S/C17H25N3S/c1-11(12-6-2-3-7-12)19-17-14(16(18)21)10-13-8-4-5-9-15(13)20-17/h10-12H,2-9H2,1H3,(H2,18,21)(H,19,20).